The van der Waals surface area contributed by atoms with Crippen LogP contribution < -0.4 is 5.32 Å². The zero-order valence-electron chi connectivity index (χ0n) is 9.57. The molecule has 2 aromatic carbocycles. The predicted octanol–water partition coefficient (Wildman–Crippen LogP) is 4.00. The molecular weight excluding hydrogens is 214 g/mol. The Morgan fingerprint density at radius 2 is 1.88 bits per heavy atom. The lowest BCUT2D eigenvalue weighted by atomic mass is 10.1. The first-order valence-electron chi connectivity index (χ1n) is 5.71. The number of hydrogen-bond acceptors (Lipinski definition) is 2. The number of nitrogens with one attached hydrogen (secondary N) is 1. The van der Waals surface area contributed by atoms with E-state index in [0.717, 1.165) is 6.54 Å². The van der Waals surface area contributed by atoms with E-state index in [-0.39, 0.29) is 0 Å². The fraction of sp³-hybridized carbons (Fsp3) is 0.286. The lowest BCUT2D eigenvalue weighted by molar-refractivity contribution is 1.23. The standard InChI is InChI=1S/C14H17NS/c1-2-16-11-10-15-14-9-5-7-12-6-3-4-8-13(12)14/h3-9,15H,2,10-11H2,1H3. The average molecular weight is 231 g/mol. The molecule has 0 radical (unpaired) electrons. The Bertz CT molecular complexity index is 448. The van der Waals surface area contributed by atoms with Crippen LogP contribution in [0.3, 0.4) is 0 Å². The van der Waals surface area contributed by atoms with Gasteiger partial charge in [-0.3, -0.25) is 0 Å². The highest BCUT2D eigenvalue weighted by atomic mass is 32.2. The maximum atomic E-state index is 3.50. The van der Waals surface area contributed by atoms with Crippen molar-refractivity contribution in [1.29, 1.82) is 0 Å². The van der Waals surface area contributed by atoms with Crippen LogP contribution in [-0.2, 0) is 0 Å². The molecule has 0 unspecified atom stereocenters. The summed E-state index contributed by atoms with van der Waals surface area (Å²) < 4.78 is 0. The third-order valence-corrected chi connectivity index (χ3v) is 3.46. The van der Waals surface area contributed by atoms with Gasteiger partial charge >= 0.3 is 0 Å². The molecule has 1 N–H and O–H groups in total. The first kappa shape index (κ1) is 11.3. The molecule has 0 saturated heterocycles. The summed E-state index contributed by atoms with van der Waals surface area (Å²) in [5.41, 5.74) is 1.25. The van der Waals surface area contributed by atoms with Gasteiger partial charge < -0.3 is 5.32 Å². The molecule has 16 heavy (non-hydrogen) atoms. The van der Waals surface area contributed by atoms with E-state index in [2.05, 4.69) is 54.7 Å². The van der Waals surface area contributed by atoms with E-state index in [1.807, 2.05) is 11.8 Å². The molecule has 84 valence electrons. The lowest BCUT2D eigenvalue weighted by Crippen LogP contribution is -2.04. The highest BCUT2D eigenvalue weighted by molar-refractivity contribution is 7.99. The van der Waals surface area contributed by atoms with Crippen molar-refractivity contribution in [2.45, 2.75) is 6.92 Å². The van der Waals surface area contributed by atoms with E-state index in [1.54, 1.807) is 0 Å². The summed E-state index contributed by atoms with van der Waals surface area (Å²) in [5.74, 6) is 2.36. The number of rotatable bonds is 5. The highest BCUT2D eigenvalue weighted by Crippen LogP contribution is 2.22. The Hall–Kier alpha value is -1.15. The fourth-order valence-corrected chi connectivity index (χ4v) is 2.32. The van der Waals surface area contributed by atoms with Crippen molar-refractivity contribution in [3.63, 3.8) is 0 Å². The molecule has 0 aliphatic heterocycles. The zero-order chi connectivity index (χ0) is 11.2. The van der Waals surface area contributed by atoms with Gasteiger partial charge in [0.2, 0.25) is 0 Å². The molecule has 1 nitrogen and oxygen atoms in total. The summed E-state index contributed by atoms with van der Waals surface area (Å²) >= 11 is 1.97. The lowest BCUT2D eigenvalue weighted by Gasteiger charge is -2.09. The number of hydrogen-bond donors (Lipinski definition) is 1. The second-order valence-electron chi connectivity index (χ2n) is 3.65. The van der Waals surface area contributed by atoms with Crippen molar-refractivity contribution in [3.8, 4) is 0 Å². The van der Waals surface area contributed by atoms with Gasteiger partial charge in [0.1, 0.15) is 0 Å². The number of fused-ring (bicyclic) bond motifs is 1. The van der Waals surface area contributed by atoms with Crippen LogP contribution in [0, 0.1) is 0 Å². The van der Waals surface area contributed by atoms with E-state index in [4.69, 9.17) is 0 Å². The number of anilines is 1. The van der Waals surface area contributed by atoms with Crippen molar-refractivity contribution in [3.05, 3.63) is 42.5 Å². The predicted molar refractivity (Wildman–Crippen MR) is 75.4 cm³/mol. The molecular formula is C14H17NS. The molecule has 0 spiro atoms. The maximum absolute atomic E-state index is 3.50. The second kappa shape index (κ2) is 5.80. The van der Waals surface area contributed by atoms with Crippen LogP contribution >= 0.6 is 11.8 Å². The molecule has 0 aliphatic rings. The van der Waals surface area contributed by atoms with Crippen molar-refractivity contribution >= 4 is 28.2 Å². The number of benzene rings is 2. The van der Waals surface area contributed by atoms with E-state index < -0.39 is 0 Å². The molecule has 0 aromatic heterocycles. The summed E-state index contributed by atoms with van der Waals surface area (Å²) in [4.78, 5) is 0. The first-order valence-corrected chi connectivity index (χ1v) is 6.86. The molecule has 2 heteroatoms. The molecule has 0 heterocycles. The monoisotopic (exact) mass is 231 g/mol. The largest absolute Gasteiger partial charge is 0.384 e. The van der Waals surface area contributed by atoms with Crippen LogP contribution in [0.15, 0.2) is 42.5 Å². The van der Waals surface area contributed by atoms with Crippen molar-refractivity contribution < 1.29 is 0 Å². The third kappa shape index (κ3) is 2.70. The van der Waals surface area contributed by atoms with Crippen LogP contribution in [0.2, 0.25) is 0 Å². The van der Waals surface area contributed by atoms with Crippen molar-refractivity contribution in [1.82, 2.24) is 0 Å². The first-order chi connectivity index (χ1) is 7.92. The molecule has 0 fully saturated rings. The van der Waals surface area contributed by atoms with Crippen LogP contribution in [0.1, 0.15) is 6.92 Å². The van der Waals surface area contributed by atoms with E-state index in [1.165, 1.54) is 28.0 Å². The normalized spacial score (nSPS) is 10.6. The van der Waals surface area contributed by atoms with Gasteiger partial charge in [-0.25, -0.2) is 0 Å². The van der Waals surface area contributed by atoms with Crippen molar-refractivity contribution in [2.24, 2.45) is 0 Å². The molecule has 0 aliphatic carbocycles. The van der Waals surface area contributed by atoms with E-state index in [0.29, 0.717) is 0 Å². The Kier molecular flexibility index (Phi) is 4.11. The SMILES string of the molecule is CCSCCNc1cccc2ccccc12. The smallest absolute Gasteiger partial charge is 0.0420 e. The summed E-state index contributed by atoms with van der Waals surface area (Å²) in [5, 5.41) is 6.11. The van der Waals surface area contributed by atoms with Crippen LogP contribution in [0.4, 0.5) is 5.69 Å². The summed E-state index contributed by atoms with van der Waals surface area (Å²) in [6, 6.07) is 14.9. The quantitative estimate of drug-likeness (QED) is 0.780. The average Bonchev–Trinajstić information content (AvgIpc) is 2.35. The minimum absolute atomic E-state index is 1.03. The summed E-state index contributed by atoms with van der Waals surface area (Å²) in [6.45, 7) is 3.23. The Balaban J connectivity index is 2.11. The molecule has 2 rings (SSSR count). The molecule has 0 amide bonds. The summed E-state index contributed by atoms with van der Waals surface area (Å²) in [7, 11) is 0. The fourth-order valence-electron chi connectivity index (χ4n) is 1.78. The van der Waals surface area contributed by atoms with Gasteiger partial charge in [0.15, 0.2) is 0 Å². The van der Waals surface area contributed by atoms with E-state index in [9.17, 15) is 0 Å². The van der Waals surface area contributed by atoms with Crippen molar-refractivity contribution in [2.75, 3.05) is 23.4 Å². The molecule has 0 saturated carbocycles. The Morgan fingerprint density at radius 3 is 2.75 bits per heavy atom. The van der Waals surface area contributed by atoms with Gasteiger partial charge in [0, 0.05) is 23.4 Å². The minimum atomic E-state index is 1.03. The number of thioether (sulfide) groups is 1. The van der Waals surface area contributed by atoms with Crippen LogP contribution in [0.25, 0.3) is 10.8 Å². The van der Waals surface area contributed by atoms with Gasteiger partial charge in [0.05, 0.1) is 0 Å². The third-order valence-electron chi connectivity index (χ3n) is 2.56. The molecule has 2 aromatic rings. The van der Waals surface area contributed by atoms with Crippen LogP contribution in [-0.4, -0.2) is 18.1 Å². The molecule has 0 bridgehead atoms. The van der Waals surface area contributed by atoms with Gasteiger partial charge in [0.25, 0.3) is 0 Å². The van der Waals surface area contributed by atoms with Crippen LogP contribution in [0.5, 0.6) is 0 Å². The summed E-state index contributed by atoms with van der Waals surface area (Å²) in [6.07, 6.45) is 0. The van der Waals surface area contributed by atoms with Gasteiger partial charge in [-0.05, 0) is 17.2 Å². The highest BCUT2D eigenvalue weighted by Gasteiger charge is 1.98. The van der Waals surface area contributed by atoms with Gasteiger partial charge in [-0.2, -0.15) is 11.8 Å². The maximum Gasteiger partial charge on any atom is 0.0420 e. The minimum Gasteiger partial charge on any atom is -0.384 e. The van der Waals surface area contributed by atoms with Gasteiger partial charge in [-0.1, -0.05) is 43.3 Å². The molecule has 0 atom stereocenters. The van der Waals surface area contributed by atoms with Gasteiger partial charge in [-0.15, -0.1) is 0 Å². The second-order valence-corrected chi connectivity index (χ2v) is 5.04. The topological polar surface area (TPSA) is 12.0 Å². The Labute approximate surface area is 101 Å². The van der Waals surface area contributed by atoms with E-state index >= 15 is 0 Å². The Morgan fingerprint density at radius 1 is 1.06 bits per heavy atom. The zero-order valence-corrected chi connectivity index (χ0v) is 10.4.